The standard InChI is InChI=1S/C11H15N3O2/c1-8(15)9-6-13-11(14-7-9)16-10-2-4-12-5-3-10/h6-7,10,12H,2-5H2,1H3. The number of carbonyl (C=O) groups excluding carboxylic acids is 1. The molecule has 0 unspecified atom stereocenters. The molecule has 5 heteroatoms. The third-order valence-corrected chi connectivity index (χ3v) is 2.59. The molecule has 2 rings (SSSR count). The van der Waals surface area contributed by atoms with Crippen LogP contribution in [0.1, 0.15) is 30.1 Å². The first-order valence-electron chi connectivity index (χ1n) is 5.46. The summed E-state index contributed by atoms with van der Waals surface area (Å²) < 4.78 is 5.62. The van der Waals surface area contributed by atoms with Crippen molar-refractivity contribution in [3.05, 3.63) is 18.0 Å². The lowest BCUT2D eigenvalue weighted by molar-refractivity contribution is 0.101. The zero-order chi connectivity index (χ0) is 11.4. The number of Topliss-reactive ketones (excluding diaryl/α,β-unsaturated/α-hetero) is 1. The molecule has 86 valence electrons. The Morgan fingerprint density at radius 2 is 2.00 bits per heavy atom. The minimum Gasteiger partial charge on any atom is -0.460 e. The number of piperidine rings is 1. The molecule has 0 atom stereocenters. The third kappa shape index (κ3) is 2.76. The van der Waals surface area contributed by atoms with Crippen LogP contribution in [-0.4, -0.2) is 34.9 Å². The average Bonchev–Trinajstić information content (AvgIpc) is 2.31. The van der Waals surface area contributed by atoms with Crippen LogP contribution in [0.2, 0.25) is 0 Å². The van der Waals surface area contributed by atoms with E-state index in [1.54, 1.807) is 0 Å². The first-order valence-corrected chi connectivity index (χ1v) is 5.46. The van der Waals surface area contributed by atoms with Crippen LogP contribution in [0.3, 0.4) is 0 Å². The summed E-state index contributed by atoms with van der Waals surface area (Å²) in [7, 11) is 0. The van der Waals surface area contributed by atoms with Crippen LogP contribution in [0.15, 0.2) is 12.4 Å². The van der Waals surface area contributed by atoms with Crippen LogP contribution < -0.4 is 10.1 Å². The molecule has 0 spiro atoms. The fraction of sp³-hybridized carbons (Fsp3) is 0.545. The molecule has 1 aliphatic heterocycles. The lowest BCUT2D eigenvalue weighted by Crippen LogP contribution is -2.34. The number of hydrogen-bond acceptors (Lipinski definition) is 5. The summed E-state index contributed by atoms with van der Waals surface area (Å²) in [5, 5.41) is 3.26. The highest BCUT2D eigenvalue weighted by Gasteiger charge is 2.15. The minimum atomic E-state index is -0.0339. The van der Waals surface area contributed by atoms with Crippen molar-refractivity contribution in [2.24, 2.45) is 0 Å². The molecule has 2 heterocycles. The normalized spacial score (nSPS) is 17.1. The average molecular weight is 221 g/mol. The van der Waals surface area contributed by atoms with Crippen LogP contribution in [0.5, 0.6) is 6.01 Å². The van der Waals surface area contributed by atoms with Crippen molar-refractivity contribution < 1.29 is 9.53 Å². The lowest BCUT2D eigenvalue weighted by Gasteiger charge is -2.22. The first-order chi connectivity index (χ1) is 7.75. The van der Waals surface area contributed by atoms with Crippen molar-refractivity contribution in [1.29, 1.82) is 0 Å². The topological polar surface area (TPSA) is 64.1 Å². The van der Waals surface area contributed by atoms with Gasteiger partial charge in [-0.05, 0) is 32.9 Å². The number of carbonyl (C=O) groups is 1. The summed E-state index contributed by atoms with van der Waals surface area (Å²) in [5.41, 5.74) is 0.512. The highest BCUT2D eigenvalue weighted by Crippen LogP contribution is 2.11. The summed E-state index contributed by atoms with van der Waals surface area (Å²) in [6, 6.07) is 0.358. The molecule has 0 bridgehead atoms. The van der Waals surface area contributed by atoms with Crippen molar-refractivity contribution in [2.75, 3.05) is 13.1 Å². The number of rotatable bonds is 3. The summed E-state index contributed by atoms with van der Waals surface area (Å²) in [5.74, 6) is -0.0339. The smallest absolute Gasteiger partial charge is 0.316 e. The van der Waals surface area contributed by atoms with Gasteiger partial charge in [-0.3, -0.25) is 4.79 Å². The van der Waals surface area contributed by atoms with Crippen LogP contribution in [-0.2, 0) is 0 Å². The summed E-state index contributed by atoms with van der Waals surface area (Å²) in [4.78, 5) is 19.1. The summed E-state index contributed by atoms with van der Waals surface area (Å²) in [6.07, 6.45) is 5.14. The van der Waals surface area contributed by atoms with Crippen LogP contribution >= 0.6 is 0 Å². The van der Waals surface area contributed by atoms with Gasteiger partial charge in [0.1, 0.15) is 6.10 Å². The maximum absolute atomic E-state index is 11.0. The number of aromatic nitrogens is 2. The Balaban J connectivity index is 1.96. The van der Waals surface area contributed by atoms with Gasteiger partial charge in [0.2, 0.25) is 0 Å². The number of ether oxygens (including phenoxy) is 1. The van der Waals surface area contributed by atoms with E-state index >= 15 is 0 Å². The predicted molar refractivity (Wildman–Crippen MR) is 58.6 cm³/mol. The second-order valence-electron chi connectivity index (χ2n) is 3.88. The third-order valence-electron chi connectivity index (χ3n) is 2.59. The zero-order valence-electron chi connectivity index (χ0n) is 9.27. The van der Waals surface area contributed by atoms with Gasteiger partial charge in [0.05, 0.1) is 5.56 Å². The van der Waals surface area contributed by atoms with E-state index in [1.165, 1.54) is 19.3 Å². The monoisotopic (exact) mass is 221 g/mol. The van der Waals surface area contributed by atoms with Gasteiger partial charge in [0.15, 0.2) is 5.78 Å². The van der Waals surface area contributed by atoms with Gasteiger partial charge in [-0.1, -0.05) is 0 Å². The zero-order valence-corrected chi connectivity index (χ0v) is 9.27. The molecule has 1 N–H and O–H groups in total. The van der Waals surface area contributed by atoms with Gasteiger partial charge in [-0.15, -0.1) is 0 Å². The fourth-order valence-electron chi connectivity index (χ4n) is 1.62. The summed E-state index contributed by atoms with van der Waals surface area (Å²) in [6.45, 7) is 3.43. The molecule has 1 aromatic rings. The highest BCUT2D eigenvalue weighted by molar-refractivity contribution is 5.93. The Hall–Kier alpha value is -1.49. The molecule has 0 radical (unpaired) electrons. The van der Waals surface area contributed by atoms with Crippen molar-refractivity contribution in [1.82, 2.24) is 15.3 Å². The number of hydrogen-bond donors (Lipinski definition) is 1. The Morgan fingerprint density at radius 1 is 1.38 bits per heavy atom. The van der Waals surface area contributed by atoms with E-state index in [-0.39, 0.29) is 11.9 Å². The molecule has 1 aromatic heterocycles. The molecule has 0 aliphatic carbocycles. The van der Waals surface area contributed by atoms with Crippen molar-refractivity contribution in [3.63, 3.8) is 0 Å². The van der Waals surface area contributed by atoms with Crippen molar-refractivity contribution >= 4 is 5.78 Å². The van der Waals surface area contributed by atoms with E-state index < -0.39 is 0 Å². The molecule has 1 aliphatic rings. The molecule has 1 fully saturated rings. The highest BCUT2D eigenvalue weighted by atomic mass is 16.5. The molecular formula is C11H15N3O2. The van der Waals surface area contributed by atoms with E-state index in [0.29, 0.717) is 11.6 Å². The largest absolute Gasteiger partial charge is 0.460 e. The molecule has 5 nitrogen and oxygen atoms in total. The second kappa shape index (κ2) is 5.03. The fourth-order valence-corrected chi connectivity index (χ4v) is 1.62. The summed E-state index contributed by atoms with van der Waals surface area (Å²) >= 11 is 0. The van der Waals surface area contributed by atoms with Crippen LogP contribution in [0, 0.1) is 0 Å². The first kappa shape index (κ1) is 11.0. The van der Waals surface area contributed by atoms with E-state index in [4.69, 9.17) is 4.74 Å². The lowest BCUT2D eigenvalue weighted by atomic mass is 10.1. The Morgan fingerprint density at radius 3 is 2.56 bits per heavy atom. The number of ketones is 1. The quantitative estimate of drug-likeness (QED) is 0.765. The minimum absolute atomic E-state index is 0.0339. The van der Waals surface area contributed by atoms with Crippen molar-refractivity contribution in [3.8, 4) is 6.01 Å². The van der Waals surface area contributed by atoms with Gasteiger partial charge in [0.25, 0.3) is 0 Å². The maximum Gasteiger partial charge on any atom is 0.316 e. The van der Waals surface area contributed by atoms with Gasteiger partial charge in [-0.2, -0.15) is 0 Å². The predicted octanol–water partition coefficient (Wildman–Crippen LogP) is 0.810. The molecule has 0 saturated carbocycles. The second-order valence-corrected chi connectivity index (χ2v) is 3.88. The number of nitrogens with one attached hydrogen (secondary N) is 1. The Kier molecular flexibility index (Phi) is 3.46. The van der Waals surface area contributed by atoms with Gasteiger partial charge in [0, 0.05) is 12.4 Å². The van der Waals surface area contributed by atoms with Crippen LogP contribution in [0.4, 0.5) is 0 Å². The van der Waals surface area contributed by atoms with E-state index in [1.807, 2.05) is 0 Å². The molecule has 1 saturated heterocycles. The molecule has 0 aromatic carbocycles. The maximum atomic E-state index is 11.0. The van der Waals surface area contributed by atoms with E-state index in [2.05, 4.69) is 15.3 Å². The van der Waals surface area contributed by atoms with E-state index in [9.17, 15) is 4.79 Å². The Labute approximate surface area is 94.2 Å². The SMILES string of the molecule is CC(=O)c1cnc(OC2CCNCC2)nc1. The van der Waals surface area contributed by atoms with Gasteiger partial charge >= 0.3 is 6.01 Å². The number of nitrogens with zero attached hydrogens (tertiary/aromatic N) is 2. The van der Waals surface area contributed by atoms with E-state index in [0.717, 1.165) is 25.9 Å². The van der Waals surface area contributed by atoms with Gasteiger partial charge < -0.3 is 10.1 Å². The molecule has 16 heavy (non-hydrogen) atoms. The van der Waals surface area contributed by atoms with Crippen molar-refractivity contribution in [2.45, 2.75) is 25.9 Å². The van der Waals surface area contributed by atoms with Crippen LogP contribution in [0.25, 0.3) is 0 Å². The molecular weight excluding hydrogens is 206 g/mol. The molecule has 0 amide bonds. The van der Waals surface area contributed by atoms with Gasteiger partial charge in [-0.25, -0.2) is 9.97 Å². The Bertz CT molecular complexity index is 358.